The van der Waals surface area contributed by atoms with Gasteiger partial charge in [-0.1, -0.05) is 42.0 Å². The molecule has 0 radical (unpaired) electrons. The fourth-order valence-corrected chi connectivity index (χ4v) is 6.29. The Hall–Kier alpha value is -4.36. The van der Waals surface area contributed by atoms with E-state index in [4.69, 9.17) is 9.72 Å². The third-order valence-corrected chi connectivity index (χ3v) is 8.61. The third kappa shape index (κ3) is 4.05. The molecule has 0 aliphatic heterocycles. The molecule has 0 amide bonds. The highest BCUT2D eigenvalue weighted by Gasteiger charge is 2.22. The van der Waals surface area contributed by atoms with Crippen molar-refractivity contribution in [3.63, 3.8) is 0 Å². The fraction of sp³-hybridized carbons (Fsp3) is 0.129. The Morgan fingerprint density at radius 3 is 2.26 bits per heavy atom. The number of para-hydroxylation sites is 1. The zero-order chi connectivity index (χ0) is 26.4. The average Bonchev–Trinajstić information content (AvgIpc) is 3.48. The largest absolute Gasteiger partial charge is 0.497 e. The SMILES string of the molecule is COc1ccc(-c2nc3cc(C)ccc3n2Cc2cn(S(=O)(=O)c3ccc(C)cc3)c3ccccc23)cc1. The molecule has 7 heteroatoms. The number of ether oxygens (including phenoxy) is 1. The highest BCUT2D eigenvalue weighted by atomic mass is 32.2. The highest BCUT2D eigenvalue weighted by molar-refractivity contribution is 7.90. The van der Waals surface area contributed by atoms with E-state index in [1.165, 1.54) is 3.97 Å². The molecule has 2 heterocycles. The Bertz CT molecular complexity index is 1900. The van der Waals surface area contributed by atoms with Crippen molar-refractivity contribution in [1.29, 1.82) is 0 Å². The van der Waals surface area contributed by atoms with Gasteiger partial charge in [0.2, 0.25) is 0 Å². The molecule has 0 unspecified atom stereocenters. The molecule has 0 N–H and O–H groups in total. The third-order valence-electron chi connectivity index (χ3n) is 6.92. The first-order valence-corrected chi connectivity index (χ1v) is 13.8. The van der Waals surface area contributed by atoms with Crippen LogP contribution >= 0.6 is 0 Å². The van der Waals surface area contributed by atoms with Crippen LogP contribution in [0.3, 0.4) is 0 Å². The number of fused-ring (bicyclic) bond motifs is 2. The van der Waals surface area contributed by atoms with Crippen LogP contribution in [0.25, 0.3) is 33.3 Å². The zero-order valence-electron chi connectivity index (χ0n) is 21.4. The summed E-state index contributed by atoms with van der Waals surface area (Å²) < 4.78 is 36.3. The summed E-state index contributed by atoms with van der Waals surface area (Å²) in [6.07, 6.45) is 1.75. The summed E-state index contributed by atoms with van der Waals surface area (Å²) in [5.41, 5.74) is 6.52. The van der Waals surface area contributed by atoms with Crippen molar-refractivity contribution in [3.05, 3.63) is 114 Å². The van der Waals surface area contributed by atoms with Crippen molar-refractivity contribution in [2.24, 2.45) is 0 Å². The Balaban J connectivity index is 1.53. The maximum Gasteiger partial charge on any atom is 0.268 e. The molecule has 0 atom stereocenters. The lowest BCUT2D eigenvalue weighted by atomic mass is 10.1. The molecule has 0 spiro atoms. The standard InChI is InChI=1S/C31H27N3O3S/c1-21-8-15-26(16-9-21)38(35,36)34-20-24(27-6-4-5-7-29(27)34)19-33-30-17-10-22(2)18-28(30)32-31(33)23-11-13-25(37-3)14-12-23/h4-18,20H,19H2,1-3H3. The number of methoxy groups -OCH3 is 1. The van der Waals surface area contributed by atoms with E-state index < -0.39 is 10.0 Å². The molecule has 2 aromatic heterocycles. The van der Waals surface area contributed by atoms with Gasteiger partial charge in [0.1, 0.15) is 11.6 Å². The number of nitrogens with zero attached hydrogens (tertiary/aromatic N) is 3. The number of hydrogen-bond donors (Lipinski definition) is 0. The van der Waals surface area contributed by atoms with Crippen molar-refractivity contribution in [2.75, 3.05) is 7.11 Å². The molecule has 0 saturated heterocycles. The molecule has 38 heavy (non-hydrogen) atoms. The van der Waals surface area contributed by atoms with Gasteiger partial charge in [-0.15, -0.1) is 0 Å². The van der Waals surface area contributed by atoms with E-state index in [-0.39, 0.29) is 4.90 Å². The summed E-state index contributed by atoms with van der Waals surface area (Å²) in [5, 5.41) is 0.887. The molecule has 4 aromatic carbocycles. The molecule has 0 saturated carbocycles. The minimum absolute atomic E-state index is 0.262. The molecule has 6 rings (SSSR count). The molecule has 0 fully saturated rings. The van der Waals surface area contributed by atoms with Crippen molar-refractivity contribution in [1.82, 2.24) is 13.5 Å². The van der Waals surface area contributed by atoms with Crippen LogP contribution in [0.5, 0.6) is 5.75 Å². The maximum absolute atomic E-state index is 13.7. The first-order chi connectivity index (χ1) is 18.3. The van der Waals surface area contributed by atoms with Crippen LogP contribution < -0.4 is 4.74 Å². The van der Waals surface area contributed by atoms with Gasteiger partial charge in [0, 0.05) is 17.1 Å². The van der Waals surface area contributed by atoms with E-state index in [0.29, 0.717) is 12.1 Å². The number of rotatable bonds is 6. The predicted molar refractivity (Wildman–Crippen MR) is 151 cm³/mol. The monoisotopic (exact) mass is 521 g/mol. The van der Waals surface area contributed by atoms with Gasteiger partial charge in [-0.3, -0.25) is 0 Å². The fourth-order valence-electron chi connectivity index (χ4n) is 4.90. The Morgan fingerprint density at radius 1 is 0.816 bits per heavy atom. The van der Waals surface area contributed by atoms with Gasteiger partial charge in [-0.2, -0.15) is 0 Å². The topological polar surface area (TPSA) is 66.1 Å². The minimum atomic E-state index is -3.78. The molecule has 0 bridgehead atoms. The maximum atomic E-state index is 13.7. The summed E-state index contributed by atoms with van der Waals surface area (Å²) in [7, 11) is -2.13. The second kappa shape index (κ2) is 9.19. The van der Waals surface area contributed by atoms with Crippen LogP contribution in [-0.4, -0.2) is 29.1 Å². The second-order valence-corrected chi connectivity index (χ2v) is 11.3. The average molecular weight is 522 g/mol. The van der Waals surface area contributed by atoms with Gasteiger partial charge < -0.3 is 9.30 Å². The Labute approximate surface area is 221 Å². The Kier molecular flexibility index (Phi) is 5.80. The number of aryl methyl sites for hydroxylation is 2. The van der Waals surface area contributed by atoms with E-state index in [0.717, 1.165) is 50.2 Å². The van der Waals surface area contributed by atoms with E-state index in [9.17, 15) is 8.42 Å². The summed E-state index contributed by atoms with van der Waals surface area (Å²) in [5.74, 6) is 1.59. The first-order valence-electron chi connectivity index (χ1n) is 12.4. The van der Waals surface area contributed by atoms with Crippen LogP contribution in [-0.2, 0) is 16.6 Å². The van der Waals surface area contributed by atoms with Crippen LogP contribution in [0.4, 0.5) is 0 Å². The van der Waals surface area contributed by atoms with Gasteiger partial charge in [0.05, 0.1) is 35.1 Å². The number of aromatic nitrogens is 3. The lowest BCUT2D eigenvalue weighted by Crippen LogP contribution is -2.12. The molecule has 6 nitrogen and oxygen atoms in total. The molecular formula is C31H27N3O3S. The Morgan fingerprint density at radius 2 is 1.53 bits per heavy atom. The van der Waals surface area contributed by atoms with Gasteiger partial charge in [0.15, 0.2) is 0 Å². The summed E-state index contributed by atoms with van der Waals surface area (Å²) in [6, 6.07) is 28.6. The molecule has 6 aromatic rings. The zero-order valence-corrected chi connectivity index (χ0v) is 22.2. The first kappa shape index (κ1) is 24.0. The van der Waals surface area contributed by atoms with E-state index in [2.05, 4.69) is 29.7 Å². The van der Waals surface area contributed by atoms with Crippen LogP contribution in [0.2, 0.25) is 0 Å². The molecule has 190 valence electrons. The second-order valence-electron chi connectivity index (χ2n) is 9.53. The normalized spacial score (nSPS) is 11.9. The number of hydrogen-bond acceptors (Lipinski definition) is 4. The van der Waals surface area contributed by atoms with Crippen molar-refractivity contribution < 1.29 is 13.2 Å². The quantitative estimate of drug-likeness (QED) is 0.249. The van der Waals surface area contributed by atoms with Crippen LogP contribution in [0.15, 0.2) is 102 Å². The van der Waals surface area contributed by atoms with Crippen LogP contribution in [0.1, 0.15) is 16.7 Å². The van der Waals surface area contributed by atoms with Gasteiger partial charge in [-0.25, -0.2) is 17.4 Å². The number of benzene rings is 4. The van der Waals surface area contributed by atoms with Crippen LogP contribution in [0, 0.1) is 13.8 Å². The minimum Gasteiger partial charge on any atom is -0.497 e. The van der Waals surface area contributed by atoms with Crippen molar-refractivity contribution in [2.45, 2.75) is 25.3 Å². The van der Waals surface area contributed by atoms with E-state index >= 15 is 0 Å². The molecule has 0 aliphatic rings. The molecular weight excluding hydrogens is 494 g/mol. The lowest BCUT2D eigenvalue weighted by molar-refractivity contribution is 0.415. The summed E-state index contributed by atoms with van der Waals surface area (Å²) in [6.45, 7) is 4.45. The smallest absolute Gasteiger partial charge is 0.268 e. The van der Waals surface area contributed by atoms with Crippen molar-refractivity contribution in [3.8, 4) is 17.1 Å². The highest BCUT2D eigenvalue weighted by Crippen LogP contribution is 2.31. The molecule has 0 aliphatic carbocycles. The summed E-state index contributed by atoms with van der Waals surface area (Å²) >= 11 is 0. The predicted octanol–water partition coefficient (Wildman–Crippen LogP) is 6.57. The van der Waals surface area contributed by atoms with Gasteiger partial charge in [0.25, 0.3) is 10.0 Å². The van der Waals surface area contributed by atoms with E-state index in [1.54, 1.807) is 25.4 Å². The van der Waals surface area contributed by atoms with E-state index in [1.807, 2.05) is 67.6 Å². The van der Waals surface area contributed by atoms with Gasteiger partial charge in [-0.05, 0) is 79.6 Å². The summed E-state index contributed by atoms with van der Waals surface area (Å²) in [4.78, 5) is 5.25. The lowest BCUT2D eigenvalue weighted by Gasteiger charge is -2.10. The number of imidazole rings is 1. The van der Waals surface area contributed by atoms with Gasteiger partial charge >= 0.3 is 0 Å². The van der Waals surface area contributed by atoms with Crippen molar-refractivity contribution >= 4 is 32.0 Å².